The molecule has 0 atom stereocenters. The van der Waals surface area contributed by atoms with Gasteiger partial charge in [0.2, 0.25) is 0 Å². The van der Waals surface area contributed by atoms with E-state index in [-0.39, 0.29) is 24.8 Å². The van der Waals surface area contributed by atoms with Gasteiger partial charge in [-0.15, -0.1) is 24.8 Å². The molecule has 0 spiro atoms. The first kappa shape index (κ1) is 12.6. The second kappa shape index (κ2) is 5.32. The quantitative estimate of drug-likeness (QED) is 0.781. The summed E-state index contributed by atoms with van der Waals surface area (Å²) in [5.74, 6) is 0. The molecular weight excluding hydrogens is 207 g/mol. The standard InChI is InChI=1S/C9H12N2.2ClH/c10-8-6-11(7-8)9-4-2-1-3-5-9;;/h1-5,8H,6-7,10H2;2*1H. The van der Waals surface area contributed by atoms with E-state index in [0.29, 0.717) is 6.04 Å². The van der Waals surface area contributed by atoms with E-state index >= 15 is 0 Å². The van der Waals surface area contributed by atoms with E-state index in [1.807, 2.05) is 6.07 Å². The Morgan fingerprint density at radius 3 is 2.08 bits per heavy atom. The molecule has 1 aromatic carbocycles. The van der Waals surface area contributed by atoms with Gasteiger partial charge in [-0.05, 0) is 12.1 Å². The van der Waals surface area contributed by atoms with E-state index in [9.17, 15) is 0 Å². The molecule has 13 heavy (non-hydrogen) atoms. The van der Waals surface area contributed by atoms with Crippen LogP contribution in [0.15, 0.2) is 30.3 Å². The molecule has 0 unspecified atom stereocenters. The van der Waals surface area contributed by atoms with Crippen LogP contribution >= 0.6 is 24.8 Å². The molecule has 1 aromatic rings. The molecule has 1 aliphatic rings. The minimum Gasteiger partial charge on any atom is -0.368 e. The van der Waals surface area contributed by atoms with Crippen molar-refractivity contribution in [3.05, 3.63) is 30.3 Å². The minimum atomic E-state index is 0. The van der Waals surface area contributed by atoms with Gasteiger partial charge in [0.05, 0.1) is 0 Å². The second-order valence-electron chi connectivity index (χ2n) is 3.00. The van der Waals surface area contributed by atoms with Gasteiger partial charge in [-0.3, -0.25) is 0 Å². The number of rotatable bonds is 1. The van der Waals surface area contributed by atoms with Gasteiger partial charge in [0.15, 0.2) is 0 Å². The number of para-hydroxylation sites is 1. The summed E-state index contributed by atoms with van der Waals surface area (Å²) in [6.45, 7) is 2.01. The summed E-state index contributed by atoms with van der Waals surface area (Å²) in [6, 6.07) is 10.8. The molecule has 0 saturated carbocycles. The van der Waals surface area contributed by atoms with Crippen molar-refractivity contribution < 1.29 is 0 Å². The number of anilines is 1. The van der Waals surface area contributed by atoms with Crippen LogP contribution in [-0.2, 0) is 0 Å². The smallest absolute Gasteiger partial charge is 0.0395 e. The van der Waals surface area contributed by atoms with Gasteiger partial charge in [-0.25, -0.2) is 0 Å². The van der Waals surface area contributed by atoms with Gasteiger partial charge in [-0.2, -0.15) is 0 Å². The van der Waals surface area contributed by atoms with Crippen molar-refractivity contribution in [2.24, 2.45) is 5.73 Å². The zero-order valence-corrected chi connectivity index (χ0v) is 8.85. The normalized spacial score (nSPS) is 15.3. The molecule has 1 aliphatic heterocycles. The lowest BCUT2D eigenvalue weighted by Crippen LogP contribution is -2.55. The fourth-order valence-corrected chi connectivity index (χ4v) is 1.36. The Bertz CT molecular complexity index is 235. The lowest BCUT2D eigenvalue weighted by molar-refractivity contribution is 0.519. The van der Waals surface area contributed by atoms with Gasteiger partial charge in [-0.1, -0.05) is 18.2 Å². The maximum Gasteiger partial charge on any atom is 0.0395 e. The highest BCUT2D eigenvalue weighted by molar-refractivity contribution is 5.85. The first-order valence-electron chi connectivity index (χ1n) is 3.92. The Labute approximate surface area is 90.9 Å². The maximum atomic E-state index is 5.66. The van der Waals surface area contributed by atoms with E-state index in [0.717, 1.165) is 13.1 Å². The average molecular weight is 221 g/mol. The molecule has 0 radical (unpaired) electrons. The maximum absolute atomic E-state index is 5.66. The number of hydrogen-bond donors (Lipinski definition) is 1. The molecule has 1 fully saturated rings. The molecule has 1 saturated heterocycles. The van der Waals surface area contributed by atoms with Crippen molar-refractivity contribution in [2.75, 3.05) is 18.0 Å². The summed E-state index contributed by atoms with van der Waals surface area (Å²) in [5, 5.41) is 0. The third-order valence-corrected chi connectivity index (χ3v) is 2.03. The second-order valence-corrected chi connectivity index (χ2v) is 3.00. The molecule has 74 valence electrons. The summed E-state index contributed by atoms with van der Waals surface area (Å²) >= 11 is 0. The predicted octanol–water partition coefficient (Wildman–Crippen LogP) is 1.68. The van der Waals surface area contributed by atoms with E-state index in [4.69, 9.17) is 5.73 Å². The zero-order chi connectivity index (χ0) is 7.68. The summed E-state index contributed by atoms with van der Waals surface area (Å²) in [5.41, 5.74) is 6.95. The van der Waals surface area contributed by atoms with E-state index in [1.54, 1.807) is 0 Å². The third kappa shape index (κ3) is 2.76. The largest absolute Gasteiger partial charge is 0.368 e. The number of halogens is 2. The van der Waals surface area contributed by atoms with Crippen LogP contribution in [-0.4, -0.2) is 19.1 Å². The van der Waals surface area contributed by atoms with Gasteiger partial charge in [0, 0.05) is 24.8 Å². The number of nitrogens with two attached hydrogens (primary N) is 1. The lowest BCUT2D eigenvalue weighted by atomic mass is 10.1. The summed E-state index contributed by atoms with van der Waals surface area (Å²) in [6.07, 6.45) is 0. The average Bonchev–Trinajstić information content (AvgIpc) is 2.01. The highest BCUT2D eigenvalue weighted by Gasteiger charge is 2.22. The first-order valence-corrected chi connectivity index (χ1v) is 3.92. The Hall–Kier alpha value is -0.440. The van der Waals surface area contributed by atoms with E-state index in [2.05, 4.69) is 29.2 Å². The molecule has 2 N–H and O–H groups in total. The van der Waals surface area contributed by atoms with Gasteiger partial charge >= 0.3 is 0 Å². The van der Waals surface area contributed by atoms with Crippen molar-refractivity contribution in [1.82, 2.24) is 0 Å². The molecule has 4 heteroatoms. The van der Waals surface area contributed by atoms with Crippen LogP contribution in [0.3, 0.4) is 0 Å². The Morgan fingerprint density at radius 2 is 1.62 bits per heavy atom. The molecule has 0 amide bonds. The summed E-state index contributed by atoms with van der Waals surface area (Å²) in [4.78, 5) is 2.28. The molecule has 0 bridgehead atoms. The van der Waals surface area contributed by atoms with Crippen LogP contribution in [0.2, 0.25) is 0 Å². The third-order valence-electron chi connectivity index (χ3n) is 2.03. The van der Waals surface area contributed by atoms with Crippen LogP contribution < -0.4 is 10.6 Å². The van der Waals surface area contributed by atoms with Gasteiger partial charge in [0.25, 0.3) is 0 Å². The monoisotopic (exact) mass is 220 g/mol. The molecule has 0 aromatic heterocycles. The molecule has 1 heterocycles. The first-order chi connectivity index (χ1) is 5.36. The number of hydrogen-bond acceptors (Lipinski definition) is 2. The van der Waals surface area contributed by atoms with Crippen molar-refractivity contribution in [2.45, 2.75) is 6.04 Å². The van der Waals surface area contributed by atoms with Crippen molar-refractivity contribution in [3.8, 4) is 0 Å². The molecule has 2 rings (SSSR count). The van der Waals surface area contributed by atoms with Gasteiger partial charge in [0.1, 0.15) is 0 Å². The topological polar surface area (TPSA) is 29.3 Å². The van der Waals surface area contributed by atoms with Crippen LogP contribution in [0.5, 0.6) is 0 Å². The SMILES string of the molecule is Cl.Cl.NC1CN(c2ccccc2)C1. The van der Waals surface area contributed by atoms with Crippen LogP contribution in [0.25, 0.3) is 0 Å². The van der Waals surface area contributed by atoms with Crippen molar-refractivity contribution in [3.63, 3.8) is 0 Å². The van der Waals surface area contributed by atoms with E-state index in [1.165, 1.54) is 5.69 Å². The minimum absolute atomic E-state index is 0. The highest BCUT2D eigenvalue weighted by Crippen LogP contribution is 2.18. The summed E-state index contributed by atoms with van der Waals surface area (Å²) in [7, 11) is 0. The molecule has 2 nitrogen and oxygen atoms in total. The van der Waals surface area contributed by atoms with E-state index < -0.39 is 0 Å². The highest BCUT2D eigenvalue weighted by atomic mass is 35.5. The van der Waals surface area contributed by atoms with Crippen molar-refractivity contribution in [1.29, 1.82) is 0 Å². The Balaban J connectivity index is 0.000000720. The summed E-state index contributed by atoms with van der Waals surface area (Å²) < 4.78 is 0. The Morgan fingerprint density at radius 1 is 1.08 bits per heavy atom. The molecular formula is C9H14Cl2N2. The van der Waals surface area contributed by atoms with Gasteiger partial charge < -0.3 is 10.6 Å². The fraction of sp³-hybridized carbons (Fsp3) is 0.333. The van der Waals surface area contributed by atoms with Crippen LogP contribution in [0.4, 0.5) is 5.69 Å². The zero-order valence-electron chi connectivity index (χ0n) is 7.22. The molecule has 0 aliphatic carbocycles. The van der Waals surface area contributed by atoms with Crippen LogP contribution in [0.1, 0.15) is 0 Å². The van der Waals surface area contributed by atoms with Crippen LogP contribution in [0, 0.1) is 0 Å². The fourth-order valence-electron chi connectivity index (χ4n) is 1.36. The Kier molecular flexibility index (Phi) is 5.14. The number of nitrogens with zero attached hydrogens (tertiary/aromatic N) is 1. The van der Waals surface area contributed by atoms with Crippen molar-refractivity contribution >= 4 is 30.5 Å². The predicted molar refractivity (Wildman–Crippen MR) is 61.1 cm³/mol. The lowest BCUT2D eigenvalue weighted by Gasteiger charge is -2.38. The number of benzene rings is 1.